The van der Waals surface area contributed by atoms with Crippen LogP contribution in [0.3, 0.4) is 0 Å². The second kappa shape index (κ2) is 7.79. The van der Waals surface area contributed by atoms with E-state index in [-0.39, 0.29) is 12.0 Å². The van der Waals surface area contributed by atoms with Crippen LogP contribution in [0.25, 0.3) is 0 Å². The molecule has 1 heterocycles. The average Bonchev–Trinajstić information content (AvgIpc) is 2.55. The highest BCUT2D eigenvalue weighted by atomic mass is 16.5. The fraction of sp³-hybridized carbons (Fsp3) is 0.500. The molecule has 2 rings (SSSR count). The molecule has 0 spiro atoms. The van der Waals surface area contributed by atoms with Crippen LogP contribution in [0.1, 0.15) is 15.9 Å². The van der Waals surface area contributed by atoms with E-state index in [1.165, 1.54) is 7.11 Å². The van der Waals surface area contributed by atoms with Gasteiger partial charge in [-0.15, -0.1) is 0 Å². The quantitative estimate of drug-likeness (QED) is 0.905. The van der Waals surface area contributed by atoms with Crippen LogP contribution in [0, 0.1) is 6.92 Å². The highest BCUT2D eigenvalue weighted by molar-refractivity contribution is 5.95. The largest absolute Gasteiger partial charge is 0.453 e. The van der Waals surface area contributed by atoms with Crippen LogP contribution < -0.4 is 5.32 Å². The Balaban J connectivity index is 1.71. The maximum Gasteiger partial charge on any atom is 0.409 e. The van der Waals surface area contributed by atoms with Crippen molar-refractivity contribution in [2.24, 2.45) is 0 Å². The van der Waals surface area contributed by atoms with E-state index in [1.54, 1.807) is 4.90 Å². The lowest BCUT2D eigenvalue weighted by Crippen LogP contribution is -2.50. The van der Waals surface area contributed by atoms with E-state index < -0.39 is 0 Å². The van der Waals surface area contributed by atoms with Gasteiger partial charge in [-0.1, -0.05) is 18.2 Å². The van der Waals surface area contributed by atoms with Gasteiger partial charge in [0.15, 0.2) is 0 Å². The van der Waals surface area contributed by atoms with E-state index in [0.29, 0.717) is 19.6 Å². The maximum absolute atomic E-state index is 12.1. The molecule has 6 heteroatoms. The van der Waals surface area contributed by atoms with Crippen LogP contribution in [0.5, 0.6) is 0 Å². The number of piperazine rings is 1. The molecule has 0 aliphatic carbocycles. The van der Waals surface area contributed by atoms with Crippen molar-refractivity contribution in [3.8, 4) is 0 Å². The van der Waals surface area contributed by atoms with Gasteiger partial charge in [0.2, 0.25) is 0 Å². The number of hydrogen-bond donors (Lipinski definition) is 1. The Kier molecular flexibility index (Phi) is 5.77. The van der Waals surface area contributed by atoms with Gasteiger partial charge in [0.05, 0.1) is 7.11 Å². The zero-order valence-corrected chi connectivity index (χ0v) is 13.2. The fourth-order valence-electron chi connectivity index (χ4n) is 2.53. The van der Waals surface area contributed by atoms with Crippen LogP contribution in [-0.4, -0.2) is 68.2 Å². The molecule has 6 nitrogen and oxygen atoms in total. The maximum atomic E-state index is 12.1. The number of ether oxygens (including phenoxy) is 1. The Morgan fingerprint density at radius 2 is 1.86 bits per heavy atom. The summed E-state index contributed by atoms with van der Waals surface area (Å²) in [5, 5.41) is 2.95. The van der Waals surface area contributed by atoms with E-state index in [2.05, 4.69) is 10.2 Å². The number of nitrogens with zero attached hydrogens (tertiary/aromatic N) is 2. The van der Waals surface area contributed by atoms with Crippen molar-refractivity contribution in [1.82, 2.24) is 15.1 Å². The van der Waals surface area contributed by atoms with Crippen molar-refractivity contribution >= 4 is 12.0 Å². The highest BCUT2D eigenvalue weighted by Gasteiger charge is 2.21. The third kappa shape index (κ3) is 4.21. The third-order valence-corrected chi connectivity index (χ3v) is 3.91. The lowest BCUT2D eigenvalue weighted by molar-refractivity contribution is 0.0884. The molecule has 0 unspecified atom stereocenters. The number of benzene rings is 1. The van der Waals surface area contributed by atoms with Crippen molar-refractivity contribution in [1.29, 1.82) is 0 Å². The van der Waals surface area contributed by atoms with Gasteiger partial charge in [-0.25, -0.2) is 4.79 Å². The van der Waals surface area contributed by atoms with Crippen molar-refractivity contribution in [3.05, 3.63) is 35.4 Å². The van der Waals surface area contributed by atoms with E-state index in [9.17, 15) is 9.59 Å². The molecule has 120 valence electrons. The lowest BCUT2D eigenvalue weighted by Gasteiger charge is -2.33. The molecule has 0 saturated carbocycles. The van der Waals surface area contributed by atoms with E-state index in [0.717, 1.165) is 30.8 Å². The summed E-state index contributed by atoms with van der Waals surface area (Å²) in [7, 11) is 1.40. The molecule has 1 aromatic carbocycles. The van der Waals surface area contributed by atoms with Crippen LogP contribution >= 0.6 is 0 Å². The summed E-state index contributed by atoms with van der Waals surface area (Å²) in [6.07, 6.45) is -0.271. The molecule has 1 fully saturated rings. The second-order valence-electron chi connectivity index (χ2n) is 5.37. The van der Waals surface area contributed by atoms with Crippen molar-refractivity contribution in [3.63, 3.8) is 0 Å². The predicted octanol–water partition coefficient (Wildman–Crippen LogP) is 1.11. The first-order valence-electron chi connectivity index (χ1n) is 7.51. The molecule has 0 radical (unpaired) electrons. The first-order chi connectivity index (χ1) is 10.6. The van der Waals surface area contributed by atoms with Gasteiger partial charge in [0.1, 0.15) is 0 Å². The number of rotatable bonds is 4. The molecule has 1 saturated heterocycles. The minimum Gasteiger partial charge on any atom is -0.453 e. The van der Waals surface area contributed by atoms with E-state index >= 15 is 0 Å². The number of aryl methyl sites for hydroxylation is 1. The summed E-state index contributed by atoms with van der Waals surface area (Å²) in [6.45, 7) is 6.25. The van der Waals surface area contributed by atoms with Crippen LogP contribution in [0.2, 0.25) is 0 Å². The molecule has 22 heavy (non-hydrogen) atoms. The molecule has 1 aliphatic heterocycles. The summed E-state index contributed by atoms with van der Waals surface area (Å²) in [5.74, 6) is -0.0358. The normalized spacial score (nSPS) is 15.5. The molecular weight excluding hydrogens is 282 g/mol. The minimum atomic E-state index is -0.271. The topological polar surface area (TPSA) is 61.9 Å². The van der Waals surface area contributed by atoms with Gasteiger partial charge in [-0.05, 0) is 18.6 Å². The van der Waals surface area contributed by atoms with Crippen LogP contribution in [0.15, 0.2) is 24.3 Å². The molecular formula is C16H23N3O3. The van der Waals surface area contributed by atoms with Crippen molar-refractivity contribution < 1.29 is 14.3 Å². The standard InChI is InChI=1S/C16H23N3O3/c1-13-5-3-4-6-14(13)15(20)17-7-8-18-9-11-19(12-10-18)16(21)22-2/h3-6H,7-12H2,1-2H3,(H,17,20). The summed E-state index contributed by atoms with van der Waals surface area (Å²) in [4.78, 5) is 27.4. The fourth-order valence-corrected chi connectivity index (χ4v) is 2.53. The number of carbonyl (C=O) groups is 2. The number of methoxy groups -OCH3 is 1. The SMILES string of the molecule is COC(=O)N1CCN(CCNC(=O)c2ccccc2C)CC1. The molecule has 0 aromatic heterocycles. The Morgan fingerprint density at radius 1 is 1.18 bits per heavy atom. The minimum absolute atomic E-state index is 0.0358. The number of amides is 2. The van der Waals surface area contributed by atoms with Gasteiger partial charge < -0.3 is 15.0 Å². The zero-order valence-electron chi connectivity index (χ0n) is 13.2. The van der Waals surface area contributed by atoms with Gasteiger partial charge in [-0.2, -0.15) is 0 Å². The number of hydrogen-bond acceptors (Lipinski definition) is 4. The number of nitrogens with one attached hydrogen (secondary N) is 1. The molecule has 1 N–H and O–H groups in total. The van der Waals surface area contributed by atoms with Gasteiger partial charge in [0, 0.05) is 44.8 Å². The molecule has 0 atom stereocenters. The van der Waals surface area contributed by atoms with Gasteiger partial charge in [0.25, 0.3) is 5.91 Å². The number of carbonyl (C=O) groups excluding carboxylic acids is 2. The highest BCUT2D eigenvalue weighted by Crippen LogP contribution is 2.06. The first kappa shape index (κ1) is 16.3. The Morgan fingerprint density at radius 3 is 2.50 bits per heavy atom. The van der Waals surface area contributed by atoms with E-state index in [4.69, 9.17) is 4.74 Å². The van der Waals surface area contributed by atoms with Gasteiger partial charge >= 0.3 is 6.09 Å². The predicted molar refractivity (Wildman–Crippen MR) is 83.9 cm³/mol. The van der Waals surface area contributed by atoms with E-state index in [1.807, 2.05) is 31.2 Å². The summed E-state index contributed by atoms with van der Waals surface area (Å²) < 4.78 is 4.71. The monoisotopic (exact) mass is 305 g/mol. The summed E-state index contributed by atoms with van der Waals surface area (Å²) in [6, 6.07) is 7.56. The van der Waals surface area contributed by atoms with Crippen molar-refractivity contribution in [2.75, 3.05) is 46.4 Å². The average molecular weight is 305 g/mol. The third-order valence-electron chi connectivity index (χ3n) is 3.91. The summed E-state index contributed by atoms with van der Waals surface area (Å²) >= 11 is 0. The Bertz CT molecular complexity index is 525. The Labute approximate surface area is 131 Å². The molecule has 2 amide bonds. The van der Waals surface area contributed by atoms with Gasteiger partial charge in [-0.3, -0.25) is 9.69 Å². The van der Waals surface area contributed by atoms with Crippen LogP contribution in [0.4, 0.5) is 4.79 Å². The Hall–Kier alpha value is -2.08. The zero-order chi connectivity index (χ0) is 15.9. The molecule has 0 bridgehead atoms. The smallest absolute Gasteiger partial charge is 0.409 e. The van der Waals surface area contributed by atoms with Crippen LogP contribution in [-0.2, 0) is 4.74 Å². The second-order valence-corrected chi connectivity index (χ2v) is 5.37. The first-order valence-corrected chi connectivity index (χ1v) is 7.51. The molecule has 1 aliphatic rings. The van der Waals surface area contributed by atoms with Crippen molar-refractivity contribution in [2.45, 2.75) is 6.92 Å². The molecule has 1 aromatic rings. The lowest BCUT2D eigenvalue weighted by atomic mass is 10.1. The summed E-state index contributed by atoms with van der Waals surface area (Å²) in [5.41, 5.74) is 1.70.